The maximum absolute atomic E-state index is 12.8. The van der Waals surface area contributed by atoms with Gasteiger partial charge in [0.15, 0.2) is 0 Å². The second-order valence-corrected chi connectivity index (χ2v) is 7.38. The number of carbonyl (C=O) groups excluding carboxylic acids is 1. The molecule has 2 aromatic heterocycles. The van der Waals surface area contributed by atoms with Crippen LogP contribution in [0.15, 0.2) is 59.0 Å². The SMILES string of the molecule is O=C(C=Cc1cccs1)N1CCCC(n2cnc3ccccc3c2=O)C1. The van der Waals surface area contributed by atoms with Gasteiger partial charge in [-0.2, -0.15) is 0 Å². The summed E-state index contributed by atoms with van der Waals surface area (Å²) in [6.07, 6.45) is 6.83. The van der Waals surface area contributed by atoms with Gasteiger partial charge in [0.05, 0.1) is 23.3 Å². The monoisotopic (exact) mass is 365 g/mol. The summed E-state index contributed by atoms with van der Waals surface area (Å²) in [6.45, 7) is 1.26. The van der Waals surface area contributed by atoms with E-state index in [1.807, 2.05) is 46.7 Å². The van der Waals surface area contributed by atoms with E-state index in [2.05, 4.69) is 4.98 Å². The third-order valence-corrected chi connectivity index (χ3v) is 5.56. The first-order chi connectivity index (χ1) is 12.7. The lowest BCUT2D eigenvalue weighted by atomic mass is 10.0. The van der Waals surface area contributed by atoms with Gasteiger partial charge in [-0.3, -0.25) is 14.2 Å². The van der Waals surface area contributed by atoms with E-state index in [1.165, 1.54) is 0 Å². The van der Waals surface area contributed by atoms with Gasteiger partial charge in [-0.05, 0) is 42.5 Å². The molecule has 1 amide bonds. The number of nitrogens with zero attached hydrogens (tertiary/aromatic N) is 3. The lowest BCUT2D eigenvalue weighted by Crippen LogP contribution is -2.42. The van der Waals surface area contributed by atoms with E-state index in [4.69, 9.17) is 0 Å². The highest BCUT2D eigenvalue weighted by atomic mass is 32.1. The van der Waals surface area contributed by atoms with E-state index in [0.29, 0.717) is 17.4 Å². The summed E-state index contributed by atoms with van der Waals surface area (Å²) < 4.78 is 1.69. The predicted octanol–water partition coefficient (Wildman–Crippen LogP) is 3.33. The maximum Gasteiger partial charge on any atom is 0.261 e. The molecule has 1 aliphatic rings. The molecule has 1 aliphatic heterocycles. The fourth-order valence-electron chi connectivity index (χ4n) is 3.37. The number of amides is 1. The van der Waals surface area contributed by atoms with Crippen molar-refractivity contribution < 1.29 is 4.79 Å². The third kappa shape index (κ3) is 3.32. The second kappa shape index (κ2) is 7.25. The number of para-hydroxylation sites is 1. The van der Waals surface area contributed by atoms with Crippen molar-refractivity contribution >= 4 is 34.2 Å². The Kier molecular flexibility index (Phi) is 4.67. The van der Waals surface area contributed by atoms with Crippen LogP contribution >= 0.6 is 11.3 Å². The number of carbonyl (C=O) groups is 1. The van der Waals surface area contributed by atoms with Crippen LogP contribution in [0.3, 0.4) is 0 Å². The van der Waals surface area contributed by atoms with E-state index in [1.54, 1.807) is 34.4 Å². The van der Waals surface area contributed by atoms with Crippen LogP contribution < -0.4 is 5.56 Å². The number of hydrogen-bond acceptors (Lipinski definition) is 4. The molecule has 26 heavy (non-hydrogen) atoms. The normalized spacial score (nSPS) is 17.8. The molecule has 3 heterocycles. The van der Waals surface area contributed by atoms with Crippen LogP contribution in [0, 0.1) is 0 Å². The molecule has 4 rings (SSSR count). The van der Waals surface area contributed by atoms with Crippen molar-refractivity contribution in [3.63, 3.8) is 0 Å². The molecule has 6 heteroatoms. The van der Waals surface area contributed by atoms with E-state index in [9.17, 15) is 9.59 Å². The maximum atomic E-state index is 12.8. The van der Waals surface area contributed by atoms with Crippen molar-refractivity contribution in [2.75, 3.05) is 13.1 Å². The van der Waals surface area contributed by atoms with Gasteiger partial charge in [-0.15, -0.1) is 11.3 Å². The molecule has 0 aliphatic carbocycles. The molecule has 1 fully saturated rings. The number of benzene rings is 1. The third-order valence-electron chi connectivity index (χ3n) is 4.73. The number of rotatable bonds is 3. The highest BCUT2D eigenvalue weighted by Gasteiger charge is 2.24. The number of thiophene rings is 1. The predicted molar refractivity (Wildman–Crippen MR) is 104 cm³/mol. The van der Waals surface area contributed by atoms with Crippen LogP contribution in [-0.2, 0) is 4.79 Å². The van der Waals surface area contributed by atoms with Gasteiger partial charge >= 0.3 is 0 Å². The summed E-state index contributed by atoms with van der Waals surface area (Å²) in [6, 6.07) is 11.3. The molecule has 1 unspecified atom stereocenters. The first-order valence-electron chi connectivity index (χ1n) is 8.69. The lowest BCUT2D eigenvalue weighted by molar-refractivity contribution is -0.127. The highest BCUT2D eigenvalue weighted by molar-refractivity contribution is 7.10. The lowest BCUT2D eigenvalue weighted by Gasteiger charge is -2.33. The molecule has 0 radical (unpaired) electrons. The minimum atomic E-state index is -0.0379. The van der Waals surface area contributed by atoms with Crippen LogP contribution in [0.25, 0.3) is 17.0 Å². The average Bonchev–Trinajstić information content (AvgIpc) is 3.20. The minimum absolute atomic E-state index is 0.00935. The zero-order valence-electron chi connectivity index (χ0n) is 14.2. The van der Waals surface area contributed by atoms with Gasteiger partial charge in [0.2, 0.25) is 5.91 Å². The molecule has 0 spiro atoms. The number of aromatic nitrogens is 2. The standard InChI is InChI=1S/C20H19N3O2S/c24-19(10-9-16-6-4-12-26-16)22-11-3-5-15(13-22)23-14-21-18-8-2-1-7-17(18)20(23)25/h1-2,4,6-10,12,14-15H,3,5,11,13H2. The summed E-state index contributed by atoms with van der Waals surface area (Å²) in [7, 11) is 0. The first-order valence-corrected chi connectivity index (χ1v) is 9.57. The molecular formula is C20H19N3O2S. The molecule has 1 saturated heterocycles. The summed E-state index contributed by atoms with van der Waals surface area (Å²) in [4.78, 5) is 32.6. The molecule has 1 aromatic carbocycles. The van der Waals surface area contributed by atoms with Gasteiger partial charge in [-0.25, -0.2) is 4.98 Å². The number of piperidine rings is 1. The van der Waals surface area contributed by atoms with E-state index < -0.39 is 0 Å². The van der Waals surface area contributed by atoms with Crippen molar-refractivity contribution in [1.29, 1.82) is 0 Å². The Hall–Kier alpha value is -2.73. The average molecular weight is 365 g/mol. The summed E-state index contributed by atoms with van der Waals surface area (Å²) in [5, 5.41) is 2.61. The summed E-state index contributed by atoms with van der Waals surface area (Å²) in [5.41, 5.74) is 0.667. The molecule has 132 valence electrons. The molecule has 5 nitrogen and oxygen atoms in total. The van der Waals surface area contributed by atoms with E-state index >= 15 is 0 Å². The first kappa shape index (κ1) is 16.7. The van der Waals surface area contributed by atoms with Gasteiger partial charge < -0.3 is 4.90 Å². The van der Waals surface area contributed by atoms with Crippen LogP contribution in [0.1, 0.15) is 23.8 Å². The number of likely N-dealkylation sites (tertiary alicyclic amines) is 1. The Morgan fingerprint density at radius 3 is 2.96 bits per heavy atom. The molecular weight excluding hydrogens is 346 g/mol. The molecule has 3 aromatic rings. The number of hydrogen-bond donors (Lipinski definition) is 0. The van der Waals surface area contributed by atoms with Crippen LogP contribution in [-0.4, -0.2) is 33.4 Å². The van der Waals surface area contributed by atoms with Crippen molar-refractivity contribution in [3.05, 3.63) is 69.4 Å². The highest BCUT2D eigenvalue weighted by Crippen LogP contribution is 2.21. The quantitative estimate of drug-likeness (QED) is 0.669. The van der Waals surface area contributed by atoms with Gasteiger partial charge in [0.1, 0.15) is 0 Å². The van der Waals surface area contributed by atoms with Gasteiger partial charge in [0, 0.05) is 24.0 Å². The van der Waals surface area contributed by atoms with Crippen LogP contribution in [0.2, 0.25) is 0 Å². The Labute approximate surface area is 155 Å². The van der Waals surface area contributed by atoms with Crippen molar-refractivity contribution in [2.24, 2.45) is 0 Å². The molecule has 0 bridgehead atoms. The van der Waals surface area contributed by atoms with Crippen LogP contribution in [0.4, 0.5) is 0 Å². The second-order valence-electron chi connectivity index (χ2n) is 6.40. The summed E-state index contributed by atoms with van der Waals surface area (Å²) in [5.74, 6) is -0.00935. The van der Waals surface area contributed by atoms with Crippen molar-refractivity contribution in [1.82, 2.24) is 14.5 Å². The van der Waals surface area contributed by atoms with Crippen molar-refractivity contribution in [3.8, 4) is 0 Å². The van der Waals surface area contributed by atoms with Gasteiger partial charge in [0.25, 0.3) is 5.56 Å². The Morgan fingerprint density at radius 2 is 2.12 bits per heavy atom. The minimum Gasteiger partial charge on any atom is -0.337 e. The smallest absolute Gasteiger partial charge is 0.261 e. The van der Waals surface area contributed by atoms with Gasteiger partial charge in [-0.1, -0.05) is 18.2 Å². The van der Waals surface area contributed by atoms with Crippen LogP contribution in [0.5, 0.6) is 0 Å². The fourth-order valence-corrected chi connectivity index (χ4v) is 3.99. The Balaban J connectivity index is 1.54. The Bertz CT molecular complexity index is 1010. The molecule has 1 atom stereocenters. The summed E-state index contributed by atoms with van der Waals surface area (Å²) >= 11 is 1.60. The Morgan fingerprint density at radius 1 is 1.23 bits per heavy atom. The van der Waals surface area contributed by atoms with Crippen molar-refractivity contribution in [2.45, 2.75) is 18.9 Å². The van der Waals surface area contributed by atoms with E-state index in [-0.39, 0.29) is 17.5 Å². The topological polar surface area (TPSA) is 55.2 Å². The number of fused-ring (bicyclic) bond motifs is 1. The van der Waals surface area contributed by atoms with E-state index in [0.717, 1.165) is 24.3 Å². The largest absolute Gasteiger partial charge is 0.337 e. The molecule has 0 saturated carbocycles. The zero-order chi connectivity index (χ0) is 17.9. The molecule has 0 N–H and O–H groups in total. The zero-order valence-corrected chi connectivity index (χ0v) is 15.1. The fraction of sp³-hybridized carbons (Fsp3) is 0.250.